The van der Waals surface area contributed by atoms with E-state index in [1.54, 1.807) is 42.7 Å². The molecule has 2 aromatic carbocycles. The van der Waals surface area contributed by atoms with Crippen LogP contribution in [0, 0.1) is 0 Å². The fraction of sp³-hybridized carbons (Fsp3) is 0.344. The lowest BCUT2D eigenvalue weighted by molar-refractivity contribution is -0.140. The van der Waals surface area contributed by atoms with E-state index in [2.05, 4.69) is 11.9 Å². The Morgan fingerprint density at radius 2 is 1.95 bits per heavy atom. The zero-order chi connectivity index (χ0) is 28.2. The molecule has 2 atom stereocenters. The van der Waals surface area contributed by atoms with E-state index in [0.29, 0.717) is 42.3 Å². The highest BCUT2D eigenvalue weighted by Gasteiger charge is 2.46. The van der Waals surface area contributed by atoms with E-state index in [4.69, 9.17) is 14.2 Å². The standard InChI is InChI=1S/C32H34N2O6/c1-4-6-14-39-26-12-9-22(17-27(26)38-5-2)29-28(30(35)23-10-11-25-24(16-23)15-20(3)40-25)31(36)32(37)34(29)19-21-8-7-13-33-18-21/h7-13,16-18,20,29,35H,4-6,14-15,19H2,1-3H3/t20-,29-/m1/s1. The van der Waals surface area contributed by atoms with Gasteiger partial charge in [-0.05, 0) is 73.4 Å². The first-order valence-corrected chi connectivity index (χ1v) is 13.8. The van der Waals surface area contributed by atoms with Gasteiger partial charge in [-0.1, -0.05) is 25.5 Å². The number of fused-ring (bicyclic) bond motifs is 1. The van der Waals surface area contributed by atoms with Gasteiger partial charge in [-0.2, -0.15) is 0 Å². The summed E-state index contributed by atoms with van der Waals surface area (Å²) in [6, 6.07) is 13.5. The number of aliphatic hydroxyl groups excluding tert-OH is 1. The molecule has 40 heavy (non-hydrogen) atoms. The zero-order valence-electron chi connectivity index (χ0n) is 23.1. The van der Waals surface area contributed by atoms with Gasteiger partial charge in [0.25, 0.3) is 11.7 Å². The quantitative estimate of drug-likeness (QED) is 0.154. The van der Waals surface area contributed by atoms with E-state index in [9.17, 15) is 14.7 Å². The molecule has 1 fully saturated rings. The van der Waals surface area contributed by atoms with Gasteiger partial charge in [0, 0.05) is 30.9 Å². The van der Waals surface area contributed by atoms with Gasteiger partial charge in [0.05, 0.1) is 24.8 Å². The van der Waals surface area contributed by atoms with Gasteiger partial charge in [0.15, 0.2) is 11.5 Å². The summed E-state index contributed by atoms with van der Waals surface area (Å²) < 4.78 is 17.7. The van der Waals surface area contributed by atoms with E-state index >= 15 is 0 Å². The summed E-state index contributed by atoms with van der Waals surface area (Å²) in [4.78, 5) is 32.6. The number of aliphatic hydroxyl groups is 1. The molecule has 208 valence electrons. The molecule has 2 aliphatic heterocycles. The first-order valence-electron chi connectivity index (χ1n) is 13.8. The number of carbonyl (C=O) groups excluding carboxylic acids is 2. The predicted octanol–water partition coefficient (Wildman–Crippen LogP) is 5.60. The number of carbonyl (C=O) groups is 2. The van der Waals surface area contributed by atoms with Crippen LogP contribution in [-0.4, -0.2) is 46.0 Å². The molecule has 3 aromatic rings. The number of unbranched alkanes of at least 4 members (excludes halogenated alkanes) is 1. The van der Waals surface area contributed by atoms with Crippen molar-refractivity contribution in [3.05, 3.63) is 88.8 Å². The van der Waals surface area contributed by atoms with Crippen molar-refractivity contribution in [1.29, 1.82) is 0 Å². The number of hydrogen-bond acceptors (Lipinski definition) is 7. The van der Waals surface area contributed by atoms with Crippen LogP contribution in [-0.2, 0) is 22.6 Å². The number of pyridine rings is 1. The molecular formula is C32H34N2O6. The van der Waals surface area contributed by atoms with Crippen LogP contribution >= 0.6 is 0 Å². The fourth-order valence-electron chi connectivity index (χ4n) is 5.21. The second-order valence-corrected chi connectivity index (χ2v) is 10.1. The highest BCUT2D eigenvalue weighted by atomic mass is 16.5. The van der Waals surface area contributed by atoms with Crippen molar-refractivity contribution < 1.29 is 28.9 Å². The molecule has 5 rings (SSSR count). The van der Waals surface area contributed by atoms with Crippen LogP contribution in [0.15, 0.2) is 66.5 Å². The van der Waals surface area contributed by atoms with Gasteiger partial charge in [-0.15, -0.1) is 0 Å². The normalized spacial score (nSPS) is 19.4. The molecule has 0 saturated carbocycles. The minimum atomic E-state index is -0.840. The average Bonchev–Trinajstić information content (AvgIpc) is 3.45. The third kappa shape index (κ3) is 5.39. The largest absolute Gasteiger partial charge is 0.507 e. The van der Waals surface area contributed by atoms with Crippen LogP contribution in [0.4, 0.5) is 0 Å². The molecule has 0 bridgehead atoms. The summed E-state index contributed by atoms with van der Waals surface area (Å²) in [6.07, 6.45) is 5.95. The monoisotopic (exact) mass is 542 g/mol. The van der Waals surface area contributed by atoms with Crippen LogP contribution in [0.25, 0.3) is 5.76 Å². The number of ketones is 1. The molecule has 0 unspecified atom stereocenters. The molecule has 8 heteroatoms. The topological polar surface area (TPSA) is 98.2 Å². The van der Waals surface area contributed by atoms with Crippen molar-refractivity contribution >= 4 is 17.4 Å². The number of aromatic nitrogens is 1. The van der Waals surface area contributed by atoms with Gasteiger partial charge < -0.3 is 24.2 Å². The third-order valence-electron chi connectivity index (χ3n) is 7.12. The predicted molar refractivity (Wildman–Crippen MR) is 150 cm³/mol. The van der Waals surface area contributed by atoms with Gasteiger partial charge in [0.2, 0.25) is 0 Å². The summed E-state index contributed by atoms with van der Waals surface area (Å²) in [6.45, 7) is 7.07. The van der Waals surface area contributed by atoms with Gasteiger partial charge >= 0.3 is 0 Å². The van der Waals surface area contributed by atoms with E-state index in [1.807, 2.05) is 32.0 Å². The second kappa shape index (κ2) is 11.8. The third-order valence-corrected chi connectivity index (χ3v) is 7.12. The van der Waals surface area contributed by atoms with Crippen molar-refractivity contribution in [3.63, 3.8) is 0 Å². The molecule has 1 aromatic heterocycles. The van der Waals surface area contributed by atoms with Gasteiger partial charge in [0.1, 0.15) is 17.6 Å². The first-order chi connectivity index (χ1) is 19.4. The molecule has 0 aliphatic carbocycles. The number of likely N-dealkylation sites (tertiary alicyclic amines) is 1. The smallest absolute Gasteiger partial charge is 0.295 e. The van der Waals surface area contributed by atoms with E-state index < -0.39 is 17.7 Å². The number of rotatable bonds is 10. The molecule has 1 saturated heterocycles. The lowest BCUT2D eigenvalue weighted by Gasteiger charge is -2.26. The number of amides is 1. The Balaban J connectivity index is 1.61. The fourth-order valence-corrected chi connectivity index (χ4v) is 5.21. The van der Waals surface area contributed by atoms with Gasteiger partial charge in [-0.25, -0.2) is 0 Å². The summed E-state index contributed by atoms with van der Waals surface area (Å²) in [5.74, 6) is 0.230. The van der Waals surface area contributed by atoms with E-state index in [1.165, 1.54) is 4.90 Å². The van der Waals surface area contributed by atoms with Crippen LogP contribution in [0.2, 0.25) is 0 Å². The molecule has 1 N–H and O–H groups in total. The zero-order valence-corrected chi connectivity index (χ0v) is 23.1. The van der Waals surface area contributed by atoms with Crippen LogP contribution in [0.5, 0.6) is 17.2 Å². The number of nitrogens with zero attached hydrogens (tertiary/aromatic N) is 2. The number of hydrogen-bond donors (Lipinski definition) is 1. The van der Waals surface area contributed by atoms with Crippen molar-refractivity contribution in [2.75, 3.05) is 13.2 Å². The Morgan fingerprint density at radius 1 is 1.10 bits per heavy atom. The summed E-state index contributed by atoms with van der Waals surface area (Å²) >= 11 is 0. The maximum Gasteiger partial charge on any atom is 0.295 e. The lowest BCUT2D eigenvalue weighted by Crippen LogP contribution is -2.29. The molecule has 2 aliphatic rings. The molecule has 3 heterocycles. The van der Waals surface area contributed by atoms with Crippen molar-refractivity contribution in [2.45, 2.75) is 58.7 Å². The maximum absolute atomic E-state index is 13.5. The van der Waals surface area contributed by atoms with Crippen LogP contribution < -0.4 is 14.2 Å². The summed E-state index contributed by atoms with van der Waals surface area (Å²) in [7, 11) is 0. The Hall–Kier alpha value is -4.33. The van der Waals surface area contributed by atoms with Crippen LogP contribution in [0.3, 0.4) is 0 Å². The SMILES string of the molecule is CCCCOc1ccc([C@@H]2C(=C(O)c3ccc4c(c3)C[C@@H](C)O4)C(=O)C(=O)N2Cc2cccnc2)cc1OCC. The van der Waals surface area contributed by atoms with Crippen molar-refractivity contribution in [3.8, 4) is 17.2 Å². The highest BCUT2D eigenvalue weighted by molar-refractivity contribution is 6.46. The van der Waals surface area contributed by atoms with E-state index in [0.717, 1.165) is 29.7 Å². The number of ether oxygens (including phenoxy) is 3. The van der Waals surface area contributed by atoms with E-state index in [-0.39, 0.29) is 24.0 Å². The second-order valence-electron chi connectivity index (χ2n) is 10.1. The minimum absolute atomic E-state index is 0.0305. The Kier molecular flexibility index (Phi) is 8.05. The molecule has 1 amide bonds. The number of Topliss-reactive ketones (excluding diaryl/α,β-unsaturated/α-hetero) is 1. The Bertz CT molecular complexity index is 1430. The minimum Gasteiger partial charge on any atom is -0.507 e. The summed E-state index contributed by atoms with van der Waals surface area (Å²) in [5, 5.41) is 11.6. The molecule has 0 radical (unpaired) electrons. The molecular weight excluding hydrogens is 508 g/mol. The lowest BCUT2D eigenvalue weighted by atomic mass is 9.94. The average molecular weight is 543 g/mol. The molecule has 8 nitrogen and oxygen atoms in total. The van der Waals surface area contributed by atoms with Gasteiger partial charge in [-0.3, -0.25) is 14.6 Å². The summed E-state index contributed by atoms with van der Waals surface area (Å²) in [5.41, 5.74) is 2.84. The van der Waals surface area contributed by atoms with Crippen LogP contribution in [0.1, 0.15) is 61.9 Å². The van der Waals surface area contributed by atoms with Crippen molar-refractivity contribution in [1.82, 2.24) is 9.88 Å². The highest BCUT2D eigenvalue weighted by Crippen LogP contribution is 2.43. The first kappa shape index (κ1) is 27.2. The maximum atomic E-state index is 13.5. The Labute approximate surface area is 234 Å². The Morgan fingerprint density at radius 3 is 2.70 bits per heavy atom. The molecule has 0 spiro atoms. The van der Waals surface area contributed by atoms with Crippen molar-refractivity contribution in [2.24, 2.45) is 0 Å². The number of benzene rings is 2.